The summed E-state index contributed by atoms with van der Waals surface area (Å²) >= 11 is 0. The molecule has 1 heterocycles. The SMILES string of the molecule is COC1CN(C2CCCc3ccc(O)cc32)CC1OC. The normalized spacial score (nSPS) is 30.4. The predicted molar refractivity (Wildman–Crippen MR) is 77.0 cm³/mol. The number of methoxy groups -OCH3 is 2. The van der Waals surface area contributed by atoms with Crippen molar-refractivity contribution >= 4 is 0 Å². The zero-order chi connectivity index (χ0) is 14.1. The number of benzene rings is 1. The van der Waals surface area contributed by atoms with Crippen LogP contribution in [-0.4, -0.2) is 49.5 Å². The lowest BCUT2D eigenvalue weighted by Crippen LogP contribution is -2.30. The molecule has 1 aliphatic carbocycles. The van der Waals surface area contributed by atoms with Crippen molar-refractivity contribution in [2.24, 2.45) is 0 Å². The number of ether oxygens (including phenoxy) is 2. The first kappa shape index (κ1) is 13.9. The molecule has 1 saturated heterocycles. The molecule has 0 bridgehead atoms. The van der Waals surface area contributed by atoms with E-state index in [-0.39, 0.29) is 12.2 Å². The molecule has 0 radical (unpaired) electrons. The first-order valence-electron chi connectivity index (χ1n) is 7.34. The van der Waals surface area contributed by atoms with E-state index in [1.54, 1.807) is 20.3 Å². The number of likely N-dealkylation sites (tertiary alicyclic amines) is 1. The van der Waals surface area contributed by atoms with E-state index >= 15 is 0 Å². The quantitative estimate of drug-likeness (QED) is 0.919. The second kappa shape index (κ2) is 5.72. The largest absolute Gasteiger partial charge is 0.508 e. The number of rotatable bonds is 3. The molecule has 20 heavy (non-hydrogen) atoms. The summed E-state index contributed by atoms with van der Waals surface area (Å²) in [5.41, 5.74) is 2.65. The Balaban J connectivity index is 1.84. The van der Waals surface area contributed by atoms with Gasteiger partial charge in [0.2, 0.25) is 0 Å². The Hall–Kier alpha value is -1.10. The van der Waals surface area contributed by atoms with Gasteiger partial charge in [0.25, 0.3) is 0 Å². The number of hydrogen-bond donors (Lipinski definition) is 1. The molecule has 0 saturated carbocycles. The van der Waals surface area contributed by atoms with E-state index in [0.29, 0.717) is 11.8 Å². The molecule has 3 unspecified atom stereocenters. The van der Waals surface area contributed by atoms with E-state index < -0.39 is 0 Å². The van der Waals surface area contributed by atoms with E-state index in [2.05, 4.69) is 11.0 Å². The fourth-order valence-corrected chi connectivity index (χ4v) is 3.62. The van der Waals surface area contributed by atoms with Gasteiger partial charge in [0, 0.05) is 33.4 Å². The van der Waals surface area contributed by atoms with Crippen LogP contribution in [0.5, 0.6) is 5.75 Å². The van der Waals surface area contributed by atoms with Crippen molar-refractivity contribution in [1.82, 2.24) is 4.90 Å². The van der Waals surface area contributed by atoms with Gasteiger partial charge in [-0.2, -0.15) is 0 Å². The van der Waals surface area contributed by atoms with Crippen LogP contribution in [0.25, 0.3) is 0 Å². The standard InChI is InChI=1S/C16H23NO3/c1-19-15-9-17(10-16(15)20-2)14-5-3-4-11-6-7-12(18)8-13(11)14/h6-8,14-16,18H,3-5,9-10H2,1-2H3. The van der Waals surface area contributed by atoms with E-state index in [1.807, 2.05) is 6.07 Å². The third kappa shape index (κ3) is 2.43. The summed E-state index contributed by atoms with van der Waals surface area (Å²) in [5, 5.41) is 9.78. The van der Waals surface area contributed by atoms with Crippen molar-refractivity contribution in [3.63, 3.8) is 0 Å². The molecule has 1 fully saturated rings. The Morgan fingerprint density at radius 1 is 1.15 bits per heavy atom. The maximum absolute atomic E-state index is 9.78. The second-order valence-corrected chi connectivity index (χ2v) is 5.79. The average Bonchev–Trinajstić information content (AvgIpc) is 2.89. The van der Waals surface area contributed by atoms with Gasteiger partial charge in [-0.25, -0.2) is 0 Å². The van der Waals surface area contributed by atoms with E-state index in [1.165, 1.54) is 17.5 Å². The lowest BCUT2D eigenvalue weighted by atomic mass is 9.86. The van der Waals surface area contributed by atoms with Crippen LogP contribution >= 0.6 is 0 Å². The molecule has 1 N–H and O–H groups in total. The summed E-state index contributed by atoms with van der Waals surface area (Å²) in [5.74, 6) is 0.362. The predicted octanol–water partition coefficient (Wildman–Crippen LogP) is 2.12. The third-order valence-electron chi connectivity index (χ3n) is 4.70. The van der Waals surface area contributed by atoms with Crippen LogP contribution in [0, 0.1) is 0 Å². The second-order valence-electron chi connectivity index (χ2n) is 5.79. The summed E-state index contributed by atoms with van der Waals surface area (Å²) < 4.78 is 11.1. The number of fused-ring (bicyclic) bond motifs is 1. The number of phenols is 1. The highest BCUT2D eigenvalue weighted by Gasteiger charge is 2.38. The molecule has 110 valence electrons. The van der Waals surface area contributed by atoms with Crippen LogP contribution in [0.4, 0.5) is 0 Å². The maximum atomic E-state index is 9.78. The van der Waals surface area contributed by atoms with Gasteiger partial charge in [-0.1, -0.05) is 6.07 Å². The summed E-state index contributed by atoms with van der Waals surface area (Å²) in [7, 11) is 3.50. The van der Waals surface area contributed by atoms with E-state index in [4.69, 9.17) is 9.47 Å². The lowest BCUT2D eigenvalue weighted by Gasteiger charge is -2.33. The van der Waals surface area contributed by atoms with Crippen molar-refractivity contribution < 1.29 is 14.6 Å². The van der Waals surface area contributed by atoms with Gasteiger partial charge < -0.3 is 14.6 Å². The monoisotopic (exact) mass is 277 g/mol. The van der Waals surface area contributed by atoms with Crippen molar-refractivity contribution in [3.05, 3.63) is 29.3 Å². The molecule has 0 spiro atoms. The van der Waals surface area contributed by atoms with E-state index in [9.17, 15) is 5.11 Å². The summed E-state index contributed by atoms with van der Waals surface area (Å²) in [6.07, 6.45) is 3.74. The molecular weight excluding hydrogens is 254 g/mol. The fraction of sp³-hybridized carbons (Fsp3) is 0.625. The molecule has 1 aromatic carbocycles. The molecule has 0 amide bonds. The van der Waals surface area contributed by atoms with Crippen LogP contribution in [0.15, 0.2) is 18.2 Å². The topological polar surface area (TPSA) is 41.9 Å². The zero-order valence-corrected chi connectivity index (χ0v) is 12.2. The smallest absolute Gasteiger partial charge is 0.115 e. The van der Waals surface area contributed by atoms with Gasteiger partial charge in [-0.15, -0.1) is 0 Å². The molecule has 1 aliphatic heterocycles. The summed E-state index contributed by atoms with van der Waals surface area (Å²) in [6.45, 7) is 1.80. The minimum atomic E-state index is 0.141. The van der Waals surface area contributed by atoms with Crippen molar-refractivity contribution in [1.29, 1.82) is 0 Å². The Morgan fingerprint density at radius 3 is 2.50 bits per heavy atom. The number of aromatic hydroxyl groups is 1. The highest BCUT2D eigenvalue weighted by molar-refractivity contribution is 5.38. The Labute approximate surface area is 120 Å². The van der Waals surface area contributed by atoms with Gasteiger partial charge in [-0.05, 0) is 42.5 Å². The van der Waals surface area contributed by atoms with Crippen LogP contribution in [-0.2, 0) is 15.9 Å². The Kier molecular flexibility index (Phi) is 3.96. The fourth-order valence-electron chi connectivity index (χ4n) is 3.62. The molecule has 3 atom stereocenters. The number of nitrogens with zero attached hydrogens (tertiary/aromatic N) is 1. The van der Waals surface area contributed by atoms with Gasteiger partial charge in [-0.3, -0.25) is 4.90 Å². The molecule has 3 rings (SSSR count). The molecule has 4 heteroatoms. The van der Waals surface area contributed by atoms with Crippen LogP contribution in [0.2, 0.25) is 0 Å². The summed E-state index contributed by atoms with van der Waals surface area (Å²) in [6, 6.07) is 6.17. The van der Waals surface area contributed by atoms with Crippen molar-refractivity contribution in [2.75, 3.05) is 27.3 Å². The lowest BCUT2D eigenvalue weighted by molar-refractivity contribution is -0.00461. The van der Waals surface area contributed by atoms with Gasteiger partial charge in [0.15, 0.2) is 0 Å². The molecule has 0 aromatic heterocycles. The maximum Gasteiger partial charge on any atom is 0.115 e. The highest BCUT2D eigenvalue weighted by atomic mass is 16.5. The van der Waals surface area contributed by atoms with Gasteiger partial charge in [0.05, 0.1) is 12.2 Å². The molecule has 1 aromatic rings. The number of hydrogen-bond acceptors (Lipinski definition) is 4. The van der Waals surface area contributed by atoms with Crippen LogP contribution < -0.4 is 0 Å². The minimum Gasteiger partial charge on any atom is -0.508 e. The zero-order valence-electron chi connectivity index (χ0n) is 12.2. The van der Waals surface area contributed by atoms with Gasteiger partial charge >= 0.3 is 0 Å². The van der Waals surface area contributed by atoms with Crippen molar-refractivity contribution in [3.8, 4) is 5.75 Å². The first-order valence-corrected chi connectivity index (χ1v) is 7.34. The molecule has 2 aliphatic rings. The molecule has 4 nitrogen and oxygen atoms in total. The molecular formula is C16H23NO3. The Bertz CT molecular complexity index is 465. The van der Waals surface area contributed by atoms with Gasteiger partial charge in [0.1, 0.15) is 5.75 Å². The van der Waals surface area contributed by atoms with Crippen molar-refractivity contribution in [2.45, 2.75) is 37.5 Å². The van der Waals surface area contributed by atoms with Crippen LogP contribution in [0.1, 0.15) is 30.0 Å². The third-order valence-corrected chi connectivity index (χ3v) is 4.70. The number of phenolic OH excluding ortho intramolecular Hbond substituents is 1. The first-order chi connectivity index (χ1) is 9.72. The van der Waals surface area contributed by atoms with E-state index in [0.717, 1.165) is 25.9 Å². The number of aryl methyl sites for hydroxylation is 1. The summed E-state index contributed by atoms with van der Waals surface area (Å²) in [4.78, 5) is 2.44. The average molecular weight is 277 g/mol. The minimum absolute atomic E-state index is 0.141. The van der Waals surface area contributed by atoms with Crippen LogP contribution in [0.3, 0.4) is 0 Å². The Morgan fingerprint density at radius 2 is 1.85 bits per heavy atom. The highest BCUT2D eigenvalue weighted by Crippen LogP contribution is 2.38.